The summed E-state index contributed by atoms with van der Waals surface area (Å²) in [6.07, 6.45) is 6.67. The lowest BCUT2D eigenvalue weighted by molar-refractivity contribution is -0.0196. The number of nitrogens with zero attached hydrogens (tertiary/aromatic N) is 2. The van der Waals surface area contributed by atoms with Gasteiger partial charge in [-0.05, 0) is 59.6 Å². The van der Waals surface area contributed by atoms with Gasteiger partial charge >= 0.3 is 0 Å². The Morgan fingerprint density at radius 2 is 1.83 bits per heavy atom. The molecule has 30 heavy (non-hydrogen) atoms. The molecule has 156 valence electrons. The maximum atomic E-state index is 13.7. The monoisotopic (exact) mass is 405 g/mol. The standard InChI is InChI=1S/C25H28FN3O/c26-20-7-4-17(5-8-20)23-22-9-6-18(16-2-1-3-16)12-19(22)10-11-29(23)24-28-15-25(30-24)13-21(27)14-25/h4-9,12,16,21,23H,1-3,10-11,13-15,27H2/t21?,23-,25?/m0/s1. The molecule has 2 fully saturated rings. The van der Waals surface area contributed by atoms with Crippen molar-refractivity contribution in [2.24, 2.45) is 10.7 Å². The summed E-state index contributed by atoms with van der Waals surface area (Å²) in [6, 6.07) is 14.8. The van der Waals surface area contributed by atoms with Crippen LogP contribution < -0.4 is 5.73 Å². The Balaban J connectivity index is 1.36. The molecule has 6 rings (SSSR count). The second-order valence-corrected chi connectivity index (χ2v) is 9.54. The molecule has 0 saturated heterocycles. The van der Waals surface area contributed by atoms with Crippen LogP contribution in [0.25, 0.3) is 0 Å². The fourth-order valence-electron chi connectivity index (χ4n) is 5.58. The van der Waals surface area contributed by atoms with Gasteiger partial charge < -0.3 is 15.4 Å². The fourth-order valence-corrected chi connectivity index (χ4v) is 5.58. The largest absolute Gasteiger partial charge is 0.456 e. The van der Waals surface area contributed by atoms with Crippen LogP contribution in [0.1, 0.15) is 66.3 Å². The van der Waals surface area contributed by atoms with Crippen LogP contribution in [-0.2, 0) is 11.2 Å². The lowest BCUT2D eigenvalue weighted by Crippen LogP contribution is -2.55. The number of fused-ring (bicyclic) bond motifs is 1. The van der Waals surface area contributed by atoms with Crippen molar-refractivity contribution in [3.05, 3.63) is 70.5 Å². The van der Waals surface area contributed by atoms with Gasteiger partial charge in [-0.15, -0.1) is 0 Å². The van der Waals surface area contributed by atoms with Gasteiger partial charge in [-0.2, -0.15) is 0 Å². The highest BCUT2D eigenvalue weighted by Gasteiger charge is 2.50. The number of benzene rings is 2. The molecule has 0 amide bonds. The van der Waals surface area contributed by atoms with Crippen LogP contribution in [0.3, 0.4) is 0 Å². The van der Waals surface area contributed by atoms with Gasteiger partial charge in [0.25, 0.3) is 6.02 Å². The first kappa shape index (κ1) is 18.4. The molecule has 0 unspecified atom stereocenters. The predicted octanol–water partition coefficient (Wildman–Crippen LogP) is 4.29. The zero-order valence-corrected chi connectivity index (χ0v) is 17.2. The number of nitrogens with two attached hydrogens (primary N) is 1. The Morgan fingerprint density at radius 1 is 1.07 bits per heavy atom. The predicted molar refractivity (Wildman–Crippen MR) is 115 cm³/mol. The third kappa shape index (κ3) is 2.94. The van der Waals surface area contributed by atoms with E-state index in [1.165, 1.54) is 36.0 Å². The Morgan fingerprint density at radius 3 is 2.53 bits per heavy atom. The topological polar surface area (TPSA) is 50.8 Å². The van der Waals surface area contributed by atoms with Crippen LogP contribution in [0.15, 0.2) is 47.5 Å². The van der Waals surface area contributed by atoms with E-state index in [4.69, 9.17) is 15.5 Å². The number of amidine groups is 1. The van der Waals surface area contributed by atoms with E-state index in [1.54, 1.807) is 12.1 Å². The Kier molecular flexibility index (Phi) is 4.17. The van der Waals surface area contributed by atoms with Crippen LogP contribution >= 0.6 is 0 Å². The van der Waals surface area contributed by atoms with Gasteiger partial charge in [0.05, 0.1) is 12.6 Å². The third-order valence-corrected chi connectivity index (χ3v) is 7.48. The van der Waals surface area contributed by atoms with Gasteiger partial charge in [0.2, 0.25) is 0 Å². The molecule has 2 heterocycles. The Bertz CT molecular complexity index is 992. The molecule has 2 aliphatic heterocycles. The van der Waals surface area contributed by atoms with E-state index in [0.717, 1.165) is 43.3 Å². The van der Waals surface area contributed by atoms with Crippen LogP contribution in [0.4, 0.5) is 4.39 Å². The van der Waals surface area contributed by atoms with Crippen molar-refractivity contribution in [3.8, 4) is 0 Å². The molecule has 2 aromatic rings. The van der Waals surface area contributed by atoms with Crippen molar-refractivity contribution < 1.29 is 9.13 Å². The van der Waals surface area contributed by atoms with Gasteiger partial charge in [0, 0.05) is 25.4 Å². The molecule has 2 aromatic carbocycles. The van der Waals surface area contributed by atoms with E-state index in [0.29, 0.717) is 6.54 Å². The molecule has 0 radical (unpaired) electrons. The number of halogens is 1. The van der Waals surface area contributed by atoms with Crippen LogP contribution in [0, 0.1) is 5.82 Å². The van der Waals surface area contributed by atoms with Crippen molar-refractivity contribution in [1.82, 2.24) is 4.90 Å². The molecule has 5 heteroatoms. The molecule has 1 spiro atoms. The molecule has 2 aliphatic carbocycles. The summed E-state index contributed by atoms with van der Waals surface area (Å²) in [5, 5.41) is 0. The van der Waals surface area contributed by atoms with Crippen LogP contribution in [-0.4, -0.2) is 35.7 Å². The molecule has 1 atom stereocenters. The fraction of sp³-hybridized carbons (Fsp3) is 0.480. The summed E-state index contributed by atoms with van der Waals surface area (Å²) in [6.45, 7) is 1.54. The molecule has 2 N–H and O–H groups in total. The lowest BCUT2D eigenvalue weighted by Gasteiger charge is -2.44. The average Bonchev–Trinajstić information content (AvgIpc) is 3.11. The van der Waals surface area contributed by atoms with Gasteiger partial charge in [0.1, 0.15) is 11.4 Å². The SMILES string of the molecule is NC1CC2(CN=C(N3CCc4cc(C5CCC5)ccc4[C@@H]3c3ccc(F)cc3)O2)C1. The average molecular weight is 406 g/mol. The smallest absolute Gasteiger partial charge is 0.288 e. The van der Waals surface area contributed by atoms with Crippen molar-refractivity contribution in [2.45, 2.75) is 62.1 Å². The van der Waals surface area contributed by atoms with Gasteiger partial charge in [-0.1, -0.05) is 36.8 Å². The molecule has 0 bridgehead atoms. The number of hydrogen-bond donors (Lipinski definition) is 1. The van der Waals surface area contributed by atoms with Gasteiger partial charge in [0.15, 0.2) is 0 Å². The highest BCUT2D eigenvalue weighted by Crippen LogP contribution is 2.44. The maximum absolute atomic E-state index is 13.7. The second kappa shape index (κ2) is 6.81. The van der Waals surface area contributed by atoms with Crippen LogP contribution in [0.5, 0.6) is 0 Å². The first-order chi connectivity index (χ1) is 14.6. The molecular weight excluding hydrogens is 377 g/mol. The molecule has 4 aliphatic rings. The quantitative estimate of drug-likeness (QED) is 0.811. The first-order valence-corrected chi connectivity index (χ1v) is 11.2. The number of hydrogen-bond acceptors (Lipinski definition) is 4. The Hall–Kier alpha value is -2.40. The van der Waals surface area contributed by atoms with E-state index in [2.05, 4.69) is 23.1 Å². The van der Waals surface area contributed by atoms with Crippen molar-refractivity contribution in [2.75, 3.05) is 13.1 Å². The minimum atomic E-state index is -0.210. The zero-order valence-electron chi connectivity index (χ0n) is 17.2. The highest BCUT2D eigenvalue weighted by molar-refractivity contribution is 5.78. The van der Waals surface area contributed by atoms with Crippen molar-refractivity contribution in [3.63, 3.8) is 0 Å². The molecule has 0 aromatic heterocycles. The van der Waals surface area contributed by atoms with E-state index < -0.39 is 0 Å². The van der Waals surface area contributed by atoms with E-state index >= 15 is 0 Å². The minimum absolute atomic E-state index is 0.00700. The van der Waals surface area contributed by atoms with Gasteiger partial charge in [-0.3, -0.25) is 0 Å². The summed E-state index contributed by atoms with van der Waals surface area (Å²) in [5.41, 5.74) is 11.1. The summed E-state index contributed by atoms with van der Waals surface area (Å²) < 4.78 is 20.0. The van der Waals surface area contributed by atoms with E-state index in [9.17, 15) is 4.39 Å². The summed E-state index contributed by atoms with van der Waals surface area (Å²) >= 11 is 0. The minimum Gasteiger partial charge on any atom is -0.456 e. The zero-order chi connectivity index (χ0) is 20.3. The highest BCUT2D eigenvalue weighted by atomic mass is 19.1. The number of aliphatic imine (C=N–C) groups is 1. The first-order valence-electron chi connectivity index (χ1n) is 11.2. The summed E-state index contributed by atoms with van der Waals surface area (Å²) in [7, 11) is 0. The normalized spacial score (nSPS) is 30.3. The number of ether oxygens (including phenoxy) is 1. The van der Waals surface area contributed by atoms with Crippen molar-refractivity contribution in [1.29, 1.82) is 0 Å². The van der Waals surface area contributed by atoms with E-state index in [1.807, 2.05) is 12.1 Å². The summed E-state index contributed by atoms with van der Waals surface area (Å²) in [5.74, 6) is 0.515. The maximum Gasteiger partial charge on any atom is 0.288 e. The number of rotatable bonds is 2. The Labute approximate surface area is 176 Å². The van der Waals surface area contributed by atoms with Crippen molar-refractivity contribution >= 4 is 6.02 Å². The second-order valence-electron chi connectivity index (χ2n) is 9.54. The van der Waals surface area contributed by atoms with Crippen LogP contribution in [0.2, 0.25) is 0 Å². The molecular formula is C25H28FN3O. The third-order valence-electron chi connectivity index (χ3n) is 7.48. The van der Waals surface area contributed by atoms with Gasteiger partial charge in [-0.25, -0.2) is 9.38 Å². The molecule has 4 nitrogen and oxygen atoms in total. The molecule has 2 saturated carbocycles. The lowest BCUT2D eigenvalue weighted by atomic mass is 9.76. The van der Waals surface area contributed by atoms with E-state index in [-0.39, 0.29) is 23.5 Å². The summed E-state index contributed by atoms with van der Waals surface area (Å²) in [4.78, 5) is 7.07.